The van der Waals surface area contributed by atoms with Gasteiger partial charge in [0.25, 0.3) is 0 Å². The van der Waals surface area contributed by atoms with Gasteiger partial charge >= 0.3 is 0 Å². The third kappa shape index (κ3) is 2.74. The van der Waals surface area contributed by atoms with Crippen molar-refractivity contribution < 1.29 is 9.47 Å². The van der Waals surface area contributed by atoms with Gasteiger partial charge in [0, 0.05) is 23.9 Å². The van der Waals surface area contributed by atoms with Gasteiger partial charge in [-0.1, -0.05) is 37.3 Å². The summed E-state index contributed by atoms with van der Waals surface area (Å²) in [5.74, 6) is 2.01. The van der Waals surface area contributed by atoms with Gasteiger partial charge in [-0.2, -0.15) is 0 Å². The largest absolute Gasteiger partial charge is 0.497 e. The summed E-state index contributed by atoms with van der Waals surface area (Å²) in [6.07, 6.45) is 0.916. The van der Waals surface area contributed by atoms with E-state index in [2.05, 4.69) is 31.2 Å². The predicted molar refractivity (Wildman–Crippen MR) is 83.8 cm³/mol. The van der Waals surface area contributed by atoms with Crippen molar-refractivity contribution in [3.8, 4) is 11.5 Å². The molecule has 0 aliphatic carbocycles. The van der Waals surface area contributed by atoms with Crippen molar-refractivity contribution in [3.05, 3.63) is 59.7 Å². The molecule has 0 fully saturated rings. The SMILES string of the molecule is COc1ccc2c(c1)[C@H](N)CC(C(C)c1ccccc1)O2. The second kappa shape index (κ2) is 5.78. The van der Waals surface area contributed by atoms with E-state index in [1.807, 2.05) is 24.3 Å². The summed E-state index contributed by atoms with van der Waals surface area (Å²) in [4.78, 5) is 0. The second-order valence-corrected chi connectivity index (χ2v) is 5.60. The van der Waals surface area contributed by atoms with Gasteiger partial charge in [-0.15, -0.1) is 0 Å². The van der Waals surface area contributed by atoms with Crippen LogP contribution in [0.25, 0.3) is 0 Å². The number of ether oxygens (including phenoxy) is 2. The summed E-state index contributed by atoms with van der Waals surface area (Å²) >= 11 is 0. The van der Waals surface area contributed by atoms with Gasteiger partial charge in [-0.3, -0.25) is 0 Å². The highest BCUT2D eigenvalue weighted by molar-refractivity contribution is 5.44. The first-order chi connectivity index (χ1) is 10.2. The standard InChI is InChI=1S/C18H21NO2/c1-12(13-6-4-3-5-7-13)18-11-16(19)15-10-14(20-2)8-9-17(15)21-18/h3-10,12,16,18H,11,19H2,1-2H3/t12?,16-,18?/m1/s1. The van der Waals surface area contributed by atoms with E-state index in [1.165, 1.54) is 5.56 Å². The van der Waals surface area contributed by atoms with Crippen LogP contribution in [0.15, 0.2) is 48.5 Å². The fourth-order valence-corrected chi connectivity index (χ4v) is 2.92. The lowest BCUT2D eigenvalue weighted by molar-refractivity contribution is 0.136. The summed E-state index contributed by atoms with van der Waals surface area (Å²) in [5.41, 5.74) is 8.66. The average molecular weight is 283 g/mol. The summed E-state index contributed by atoms with van der Waals surface area (Å²) in [5, 5.41) is 0. The zero-order chi connectivity index (χ0) is 14.8. The highest BCUT2D eigenvalue weighted by Gasteiger charge is 2.30. The van der Waals surface area contributed by atoms with Crippen molar-refractivity contribution in [3.63, 3.8) is 0 Å². The molecule has 0 aromatic heterocycles. The minimum absolute atomic E-state index is 0.0139. The van der Waals surface area contributed by atoms with E-state index in [4.69, 9.17) is 15.2 Å². The van der Waals surface area contributed by atoms with Crippen LogP contribution < -0.4 is 15.2 Å². The molecule has 3 heteroatoms. The van der Waals surface area contributed by atoms with Crippen LogP contribution in [0.1, 0.15) is 36.4 Å². The third-order valence-corrected chi connectivity index (χ3v) is 4.26. The molecule has 0 saturated heterocycles. The molecule has 3 nitrogen and oxygen atoms in total. The Bertz CT molecular complexity index is 612. The molecular weight excluding hydrogens is 262 g/mol. The predicted octanol–water partition coefficient (Wildman–Crippen LogP) is 3.65. The lowest BCUT2D eigenvalue weighted by atomic mass is 9.87. The van der Waals surface area contributed by atoms with Crippen molar-refractivity contribution in [2.24, 2.45) is 5.73 Å². The zero-order valence-corrected chi connectivity index (χ0v) is 12.5. The maximum absolute atomic E-state index is 6.34. The molecule has 0 spiro atoms. The number of rotatable bonds is 3. The van der Waals surface area contributed by atoms with Crippen molar-refractivity contribution in [2.75, 3.05) is 7.11 Å². The maximum atomic E-state index is 6.34. The van der Waals surface area contributed by atoms with Crippen LogP contribution in [-0.2, 0) is 0 Å². The van der Waals surface area contributed by atoms with Gasteiger partial charge < -0.3 is 15.2 Å². The Balaban J connectivity index is 1.85. The second-order valence-electron chi connectivity index (χ2n) is 5.60. The first kappa shape index (κ1) is 14.0. The molecule has 2 N–H and O–H groups in total. The van der Waals surface area contributed by atoms with Crippen LogP contribution in [0.5, 0.6) is 11.5 Å². The number of hydrogen-bond donors (Lipinski definition) is 1. The van der Waals surface area contributed by atoms with E-state index in [9.17, 15) is 0 Å². The molecule has 0 saturated carbocycles. The molecule has 0 bridgehead atoms. The molecule has 3 rings (SSSR count). The van der Waals surface area contributed by atoms with E-state index in [0.717, 1.165) is 23.5 Å². The summed E-state index contributed by atoms with van der Waals surface area (Å²) in [7, 11) is 1.66. The maximum Gasteiger partial charge on any atom is 0.124 e. The van der Waals surface area contributed by atoms with Crippen molar-refractivity contribution in [1.82, 2.24) is 0 Å². The van der Waals surface area contributed by atoms with Crippen LogP contribution in [0.3, 0.4) is 0 Å². The number of hydrogen-bond acceptors (Lipinski definition) is 3. The number of methoxy groups -OCH3 is 1. The van der Waals surface area contributed by atoms with Gasteiger partial charge in [0.05, 0.1) is 7.11 Å². The molecule has 21 heavy (non-hydrogen) atoms. The molecule has 1 aliphatic rings. The number of nitrogens with two attached hydrogens (primary N) is 1. The molecule has 1 aliphatic heterocycles. The zero-order valence-electron chi connectivity index (χ0n) is 12.5. The monoisotopic (exact) mass is 283 g/mol. The Labute approximate surface area is 125 Å². The van der Waals surface area contributed by atoms with Gasteiger partial charge in [-0.05, 0) is 23.8 Å². The van der Waals surface area contributed by atoms with Crippen LogP contribution in [0, 0.1) is 0 Å². The summed E-state index contributed by atoms with van der Waals surface area (Å²) in [6, 6.07) is 16.3. The lowest BCUT2D eigenvalue weighted by Crippen LogP contribution is -2.33. The highest BCUT2D eigenvalue weighted by atomic mass is 16.5. The fraction of sp³-hybridized carbons (Fsp3) is 0.333. The summed E-state index contributed by atoms with van der Waals surface area (Å²) in [6.45, 7) is 2.20. The number of fused-ring (bicyclic) bond motifs is 1. The van der Waals surface area contributed by atoms with Gasteiger partial charge in [0.15, 0.2) is 0 Å². The quantitative estimate of drug-likeness (QED) is 0.935. The van der Waals surface area contributed by atoms with Gasteiger partial charge in [-0.25, -0.2) is 0 Å². The molecule has 2 aromatic carbocycles. The molecule has 0 amide bonds. The smallest absolute Gasteiger partial charge is 0.124 e. The lowest BCUT2D eigenvalue weighted by Gasteiger charge is -2.34. The first-order valence-corrected chi connectivity index (χ1v) is 7.34. The van der Waals surface area contributed by atoms with Crippen molar-refractivity contribution in [2.45, 2.75) is 31.4 Å². The summed E-state index contributed by atoms with van der Waals surface area (Å²) < 4.78 is 11.4. The Morgan fingerprint density at radius 2 is 1.95 bits per heavy atom. The van der Waals surface area contributed by atoms with E-state index >= 15 is 0 Å². The Morgan fingerprint density at radius 1 is 1.19 bits per heavy atom. The topological polar surface area (TPSA) is 44.5 Å². The van der Waals surface area contributed by atoms with Crippen LogP contribution in [-0.4, -0.2) is 13.2 Å². The van der Waals surface area contributed by atoms with E-state index in [1.54, 1.807) is 7.11 Å². The third-order valence-electron chi connectivity index (χ3n) is 4.26. The molecule has 2 unspecified atom stereocenters. The van der Waals surface area contributed by atoms with E-state index in [-0.39, 0.29) is 12.1 Å². The Kier molecular flexibility index (Phi) is 3.84. The van der Waals surface area contributed by atoms with Crippen LogP contribution in [0.4, 0.5) is 0 Å². The first-order valence-electron chi connectivity index (χ1n) is 7.34. The normalized spacial score (nSPS) is 22.0. The van der Waals surface area contributed by atoms with Crippen LogP contribution in [0.2, 0.25) is 0 Å². The average Bonchev–Trinajstić information content (AvgIpc) is 2.54. The molecular formula is C18H21NO2. The Morgan fingerprint density at radius 3 is 2.67 bits per heavy atom. The van der Waals surface area contributed by atoms with Crippen molar-refractivity contribution in [1.29, 1.82) is 0 Å². The molecule has 2 aromatic rings. The van der Waals surface area contributed by atoms with E-state index in [0.29, 0.717) is 5.92 Å². The van der Waals surface area contributed by atoms with Gasteiger partial charge in [0.2, 0.25) is 0 Å². The van der Waals surface area contributed by atoms with Crippen molar-refractivity contribution >= 4 is 0 Å². The minimum Gasteiger partial charge on any atom is -0.497 e. The van der Waals surface area contributed by atoms with Crippen LogP contribution >= 0.6 is 0 Å². The molecule has 1 heterocycles. The van der Waals surface area contributed by atoms with E-state index < -0.39 is 0 Å². The highest BCUT2D eigenvalue weighted by Crippen LogP contribution is 2.39. The number of benzene rings is 2. The molecule has 3 atom stereocenters. The van der Waals surface area contributed by atoms with Gasteiger partial charge in [0.1, 0.15) is 17.6 Å². The fourth-order valence-electron chi connectivity index (χ4n) is 2.92. The molecule has 110 valence electrons. The molecule has 0 radical (unpaired) electrons. The Hall–Kier alpha value is -2.00. The minimum atomic E-state index is -0.0139.